The molecule has 12 aromatic rings. The Kier molecular flexibility index (Phi) is 12.4. The third-order valence-electron chi connectivity index (χ3n) is 22.4. The molecule has 11 aromatic carbocycles. The van der Waals surface area contributed by atoms with Crippen LogP contribution in [0.1, 0.15) is 184 Å². The summed E-state index contributed by atoms with van der Waals surface area (Å²) in [4.78, 5) is 2.61. The first-order chi connectivity index (χ1) is 44.9. The highest BCUT2D eigenvalue weighted by Gasteiger charge is 2.54. The van der Waals surface area contributed by atoms with Gasteiger partial charge in [-0.3, -0.25) is 0 Å². The van der Waals surface area contributed by atoms with Crippen molar-refractivity contribution < 1.29 is 9.47 Å². The van der Waals surface area contributed by atoms with Crippen molar-refractivity contribution in [3.63, 3.8) is 0 Å². The number of aromatic nitrogens is 1. The zero-order valence-electron chi connectivity index (χ0n) is 53.9. The first-order valence-electron chi connectivity index (χ1n) is 34.2. The highest BCUT2D eigenvalue weighted by atomic mass is 16.5. The van der Waals surface area contributed by atoms with Crippen molar-refractivity contribution in [2.45, 2.75) is 139 Å². The fourth-order valence-electron chi connectivity index (χ4n) is 17.9. The van der Waals surface area contributed by atoms with Crippen molar-refractivity contribution in [2.24, 2.45) is 0 Å². The monoisotopic (exact) mass is 1190 g/mol. The van der Waals surface area contributed by atoms with Crippen molar-refractivity contribution in [3.8, 4) is 50.9 Å². The molecule has 6 aliphatic rings. The van der Waals surface area contributed by atoms with E-state index in [1.165, 1.54) is 175 Å². The van der Waals surface area contributed by atoms with Crippen molar-refractivity contribution in [1.82, 2.24) is 4.57 Å². The molecule has 0 amide bonds. The number of hydrogen-bond acceptors (Lipinski definition) is 3. The van der Waals surface area contributed by atoms with Gasteiger partial charge in [0.1, 0.15) is 23.0 Å². The fourth-order valence-corrected chi connectivity index (χ4v) is 17.9. The number of fused-ring (bicyclic) bond motifs is 21. The topological polar surface area (TPSA) is 26.6 Å². The minimum absolute atomic E-state index is 0.120. The molecule has 2 aliphatic heterocycles. The van der Waals surface area contributed by atoms with Gasteiger partial charge in [0.25, 0.3) is 0 Å². The predicted molar refractivity (Wildman–Crippen MR) is 379 cm³/mol. The quantitative estimate of drug-likeness (QED) is 0.166. The smallest absolute Gasteiger partial charge is 0.132 e. The van der Waals surface area contributed by atoms with Crippen molar-refractivity contribution in [3.05, 3.63) is 297 Å². The summed E-state index contributed by atoms with van der Waals surface area (Å²) in [5, 5.41) is 2.47. The highest BCUT2D eigenvalue weighted by Crippen LogP contribution is 2.66. The van der Waals surface area contributed by atoms with Crippen molar-refractivity contribution in [1.29, 1.82) is 0 Å². The summed E-state index contributed by atoms with van der Waals surface area (Å²) in [6, 6.07) is 89.3. The summed E-state index contributed by atoms with van der Waals surface area (Å²) in [6.45, 7) is 14.0. The molecule has 2 fully saturated rings. The summed E-state index contributed by atoms with van der Waals surface area (Å²) < 4.78 is 17.0. The molecule has 18 rings (SSSR count). The molecule has 0 N–H and O–H groups in total. The summed E-state index contributed by atoms with van der Waals surface area (Å²) in [5.41, 5.74) is 25.5. The van der Waals surface area contributed by atoms with Gasteiger partial charge in [0.05, 0.1) is 33.2 Å². The third-order valence-corrected chi connectivity index (χ3v) is 22.4. The molecule has 3 heterocycles. The second kappa shape index (κ2) is 20.6. The number of anilines is 3. The number of rotatable bonds is 6. The predicted octanol–water partition coefficient (Wildman–Crippen LogP) is 23.9. The van der Waals surface area contributed by atoms with Gasteiger partial charge in [-0.25, -0.2) is 0 Å². The molecule has 2 saturated carbocycles. The van der Waals surface area contributed by atoms with E-state index in [9.17, 15) is 0 Å². The Labute approximate surface area is 542 Å². The van der Waals surface area contributed by atoms with Gasteiger partial charge in [0.2, 0.25) is 0 Å². The maximum absolute atomic E-state index is 7.33. The molecular weight excluding hydrogens is 1120 g/mol. The largest absolute Gasteiger partial charge is 0.457 e. The van der Waals surface area contributed by atoms with E-state index < -0.39 is 10.8 Å². The van der Waals surface area contributed by atoms with Gasteiger partial charge in [0.15, 0.2) is 0 Å². The van der Waals surface area contributed by atoms with Gasteiger partial charge < -0.3 is 18.9 Å². The highest BCUT2D eigenvalue weighted by molar-refractivity contribution is 6.10. The van der Waals surface area contributed by atoms with Gasteiger partial charge >= 0.3 is 0 Å². The number of ether oxygens (including phenoxy) is 2. The second-order valence-corrected chi connectivity index (χ2v) is 29.6. The van der Waals surface area contributed by atoms with E-state index in [4.69, 9.17) is 9.47 Å². The number of para-hydroxylation sites is 4. The van der Waals surface area contributed by atoms with E-state index in [1.54, 1.807) is 0 Å². The average Bonchev–Trinajstić information content (AvgIpc) is 1.46. The zero-order chi connectivity index (χ0) is 61.8. The van der Waals surface area contributed by atoms with Crippen LogP contribution in [0.3, 0.4) is 0 Å². The Morgan fingerprint density at radius 2 is 0.739 bits per heavy atom. The molecule has 4 aliphatic carbocycles. The van der Waals surface area contributed by atoms with Gasteiger partial charge in [-0.15, -0.1) is 0 Å². The van der Waals surface area contributed by atoms with Gasteiger partial charge in [-0.2, -0.15) is 0 Å². The number of benzene rings is 11. The summed E-state index contributed by atoms with van der Waals surface area (Å²) in [7, 11) is 0. The van der Waals surface area contributed by atoms with Gasteiger partial charge in [0, 0.05) is 44.4 Å². The normalized spacial score (nSPS) is 16.6. The van der Waals surface area contributed by atoms with Crippen LogP contribution in [0.15, 0.2) is 231 Å². The number of nitrogens with zero attached hydrogens (tertiary/aromatic N) is 2. The van der Waals surface area contributed by atoms with Crippen LogP contribution in [0.4, 0.5) is 17.1 Å². The molecule has 4 nitrogen and oxygen atoms in total. The molecule has 0 atom stereocenters. The third kappa shape index (κ3) is 8.07. The minimum atomic E-state index is -0.739. The van der Waals surface area contributed by atoms with Crippen LogP contribution in [-0.2, 0) is 21.7 Å². The molecular formula is C88H78N2O2. The second-order valence-electron chi connectivity index (χ2n) is 29.6. The van der Waals surface area contributed by atoms with E-state index in [0.29, 0.717) is 11.8 Å². The first-order valence-corrected chi connectivity index (χ1v) is 34.2. The van der Waals surface area contributed by atoms with Crippen LogP contribution < -0.4 is 14.4 Å². The van der Waals surface area contributed by atoms with Crippen LogP contribution in [0.25, 0.3) is 49.7 Å². The zero-order valence-corrected chi connectivity index (χ0v) is 53.9. The van der Waals surface area contributed by atoms with E-state index >= 15 is 0 Å². The molecule has 1 aromatic heterocycles. The Morgan fingerprint density at radius 1 is 0.348 bits per heavy atom. The van der Waals surface area contributed by atoms with Crippen molar-refractivity contribution >= 4 is 38.9 Å². The van der Waals surface area contributed by atoms with Crippen LogP contribution >= 0.6 is 0 Å². The van der Waals surface area contributed by atoms with Crippen LogP contribution in [-0.4, -0.2) is 4.57 Å². The summed E-state index contributed by atoms with van der Waals surface area (Å²) in [5.74, 6) is 4.73. The Bertz CT molecular complexity index is 4820. The summed E-state index contributed by atoms with van der Waals surface area (Å²) >= 11 is 0. The average molecular weight is 1200 g/mol. The molecule has 2 spiro atoms. The van der Waals surface area contributed by atoms with Crippen LogP contribution in [0.5, 0.6) is 23.0 Å². The van der Waals surface area contributed by atoms with Crippen LogP contribution in [0.2, 0.25) is 0 Å². The molecule has 4 heteroatoms. The lowest BCUT2D eigenvalue weighted by atomic mass is 9.64. The lowest BCUT2D eigenvalue weighted by Gasteiger charge is -2.41. The maximum Gasteiger partial charge on any atom is 0.132 e. The lowest BCUT2D eigenvalue weighted by molar-refractivity contribution is 0.424. The van der Waals surface area contributed by atoms with Gasteiger partial charge in [-0.05, 0) is 200 Å². The first kappa shape index (κ1) is 55.5. The van der Waals surface area contributed by atoms with Crippen LogP contribution in [0, 0.1) is 0 Å². The standard InChI is InChI=1S/C88H78N2O2/c1-85(2,3)59-39-47-83-75(51-59)88(76-52-60(86(4,5)6)40-48-84(76)92-83)70-32-18-14-28-64(70)66-44-42-62(54-72(66)88)89(79-35-21-22-36-80(79)90-77-33-19-15-29-67(77)68-30-16-20-34-78(68)90)61-41-43-65-63-27-13-17-31-69(63)87(71(65)53-61)73-49-57(55-23-9-7-10-24-55)37-45-81(73)91-82-46-38-58(50-74(82)87)56-25-11-8-12-26-56/h13-22,27-56H,7-12,23-26H2,1-6H3. The molecule has 92 heavy (non-hydrogen) atoms. The molecule has 0 radical (unpaired) electrons. The number of hydrogen-bond donors (Lipinski definition) is 0. The minimum Gasteiger partial charge on any atom is -0.457 e. The lowest BCUT2D eigenvalue weighted by Crippen LogP contribution is -2.33. The van der Waals surface area contributed by atoms with E-state index in [1.807, 2.05) is 0 Å². The molecule has 0 saturated heterocycles. The van der Waals surface area contributed by atoms with E-state index in [2.05, 4.69) is 282 Å². The molecule has 0 bridgehead atoms. The Morgan fingerprint density at radius 3 is 1.21 bits per heavy atom. The molecule has 452 valence electrons. The van der Waals surface area contributed by atoms with E-state index in [0.717, 1.165) is 45.7 Å². The Balaban J connectivity index is 0.944. The summed E-state index contributed by atoms with van der Waals surface area (Å²) in [6.07, 6.45) is 12.6. The SMILES string of the molecule is CC(C)(C)c1ccc2c(c1)C1(c3cc(C(C)(C)C)ccc3O2)c2ccccc2-c2ccc(N(c3ccc4c(c3)C3(c5cc(C6CCCCC6)ccc5Oc5ccc(C6CCCCC6)cc53)c3ccccc3-4)c3ccccc3-n3c4ccccc4c4ccccc43)cc21. The van der Waals surface area contributed by atoms with Gasteiger partial charge in [-0.1, -0.05) is 226 Å². The molecule has 0 unspecified atom stereocenters. The fraction of sp³-hybridized carbons (Fsp3) is 0.250. The van der Waals surface area contributed by atoms with Crippen molar-refractivity contribution in [2.75, 3.05) is 4.90 Å². The van der Waals surface area contributed by atoms with E-state index in [-0.39, 0.29) is 10.8 Å². The maximum atomic E-state index is 7.33. The Hall–Kier alpha value is -9.38.